The van der Waals surface area contributed by atoms with E-state index in [0.717, 1.165) is 11.1 Å². The molecule has 3 nitrogen and oxygen atoms in total. The maximum absolute atomic E-state index is 11.7. The molecule has 0 spiro atoms. The molecule has 0 saturated carbocycles. The van der Waals surface area contributed by atoms with Crippen LogP contribution in [-0.2, 0) is 9.53 Å². The number of benzene rings is 1. The molecule has 4 heteroatoms. The van der Waals surface area contributed by atoms with Gasteiger partial charge in [-0.25, -0.2) is 4.79 Å². The summed E-state index contributed by atoms with van der Waals surface area (Å²) in [6, 6.07) is 4.99. The van der Waals surface area contributed by atoms with Crippen LogP contribution in [-0.4, -0.2) is 19.6 Å². The third kappa shape index (κ3) is 3.58. The predicted molar refractivity (Wildman–Crippen MR) is 69.1 cm³/mol. The minimum Gasteiger partial charge on any atom is -0.468 e. The average molecular weight is 254 g/mol. The summed E-state index contributed by atoms with van der Waals surface area (Å²) in [5, 5.41) is 3.67. The van der Waals surface area contributed by atoms with Crippen LogP contribution in [0, 0.1) is 6.92 Å². The Morgan fingerprint density at radius 3 is 2.88 bits per heavy atom. The Morgan fingerprint density at radius 2 is 2.35 bits per heavy atom. The number of nitrogens with one attached hydrogen (secondary N) is 1. The van der Waals surface area contributed by atoms with E-state index < -0.39 is 6.04 Å². The summed E-state index contributed by atoms with van der Waals surface area (Å²) in [6.45, 7) is 6.03. The normalized spacial score (nSPS) is 11.9. The second-order valence-corrected chi connectivity index (χ2v) is 4.07. The van der Waals surface area contributed by atoms with Gasteiger partial charge in [0, 0.05) is 11.6 Å². The third-order valence-corrected chi connectivity index (χ3v) is 2.84. The lowest BCUT2D eigenvalue weighted by Crippen LogP contribution is -2.29. The molecular weight excluding hydrogens is 238 g/mol. The Labute approximate surface area is 106 Å². The minimum absolute atomic E-state index is 0.341. The van der Waals surface area contributed by atoms with Crippen LogP contribution >= 0.6 is 11.6 Å². The van der Waals surface area contributed by atoms with Crippen molar-refractivity contribution in [3.63, 3.8) is 0 Å². The lowest BCUT2D eigenvalue weighted by atomic mass is 10.1. The molecule has 1 aromatic carbocycles. The number of ether oxygens (including phenoxy) is 1. The summed E-state index contributed by atoms with van der Waals surface area (Å²) in [6.07, 6.45) is 1.69. The van der Waals surface area contributed by atoms with Gasteiger partial charge in [-0.05, 0) is 24.1 Å². The molecule has 1 N–H and O–H groups in total. The van der Waals surface area contributed by atoms with E-state index in [1.807, 2.05) is 19.1 Å². The molecule has 0 radical (unpaired) electrons. The topological polar surface area (TPSA) is 38.3 Å². The second-order valence-electron chi connectivity index (χ2n) is 3.66. The van der Waals surface area contributed by atoms with E-state index >= 15 is 0 Å². The Bertz CT molecular complexity index is 418. The number of hydrogen-bond donors (Lipinski definition) is 1. The van der Waals surface area contributed by atoms with Crippen molar-refractivity contribution in [2.45, 2.75) is 13.0 Å². The van der Waals surface area contributed by atoms with E-state index in [4.69, 9.17) is 16.3 Å². The Morgan fingerprint density at radius 1 is 1.65 bits per heavy atom. The monoisotopic (exact) mass is 253 g/mol. The first-order valence-electron chi connectivity index (χ1n) is 5.28. The first kappa shape index (κ1) is 13.7. The van der Waals surface area contributed by atoms with Crippen molar-refractivity contribution in [1.29, 1.82) is 0 Å². The summed E-state index contributed by atoms with van der Waals surface area (Å²) in [4.78, 5) is 11.7. The van der Waals surface area contributed by atoms with Crippen LogP contribution < -0.4 is 5.32 Å². The highest BCUT2D eigenvalue weighted by Crippen LogP contribution is 2.22. The summed E-state index contributed by atoms with van der Waals surface area (Å²) in [5.74, 6) is -0.341. The van der Waals surface area contributed by atoms with Crippen molar-refractivity contribution in [3.8, 4) is 0 Å². The van der Waals surface area contributed by atoms with Crippen molar-refractivity contribution in [2.24, 2.45) is 0 Å². The van der Waals surface area contributed by atoms with Crippen LogP contribution in [0.2, 0.25) is 5.02 Å². The summed E-state index contributed by atoms with van der Waals surface area (Å²) >= 11 is 6.04. The number of aryl methyl sites for hydroxylation is 1. The Balaban J connectivity index is 2.98. The van der Waals surface area contributed by atoms with E-state index in [9.17, 15) is 4.79 Å². The van der Waals surface area contributed by atoms with E-state index in [1.165, 1.54) is 7.11 Å². The van der Waals surface area contributed by atoms with E-state index in [1.54, 1.807) is 12.1 Å². The van der Waals surface area contributed by atoms with Gasteiger partial charge in [-0.15, -0.1) is 6.58 Å². The standard InChI is InChI=1S/C13H16ClNO2/c1-4-7-15-12(13(16)17-3)10-6-5-9(2)11(14)8-10/h4-6,8,12,15H,1,7H2,2-3H3. The number of methoxy groups -OCH3 is 1. The van der Waals surface area contributed by atoms with Gasteiger partial charge in [-0.3, -0.25) is 5.32 Å². The zero-order chi connectivity index (χ0) is 12.8. The highest BCUT2D eigenvalue weighted by atomic mass is 35.5. The molecule has 0 aliphatic rings. The molecule has 0 aliphatic heterocycles. The lowest BCUT2D eigenvalue weighted by Gasteiger charge is -2.16. The number of carbonyl (C=O) groups excluding carboxylic acids is 1. The molecule has 1 unspecified atom stereocenters. The van der Waals surface area contributed by atoms with Gasteiger partial charge in [0.25, 0.3) is 0 Å². The van der Waals surface area contributed by atoms with Crippen LogP contribution in [0.4, 0.5) is 0 Å². The molecule has 92 valence electrons. The molecule has 0 heterocycles. The molecule has 0 bridgehead atoms. The van der Waals surface area contributed by atoms with Gasteiger partial charge in [0.15, 0.2) is 0 Å². The number of halogens is 1. The molecule has 1 aromatic rings. The third-order valence-electron chi connectivity index (χ3n) is 2.43. The molecule has 0 amide bonds. The molecule has 0 aliphatic carbocycles. The van der Waals surface area contributed by atoms with Gasteiger partial charge in [-0.1, -0.05) is 29.8 Å². The molecule has 1 rings (SSSR count). The average Bonchev–Trinajstić information content (AvgIpc) is 2.33. The van der Waals surface area contributed by atoms with Crippen molar-refractivity contribution >= 4 is 17.6 Å². The van der Waals surface area contributed by atoms with Crippen molar-refractivity contribution in [1.82, 2.24) is 5.32 Å². The summed E-state index contributed by atoms with van der Waals surface area (Å²) < 4.78 is 4.76. The number of rotatable bonds is 5. The van der Waals surface area contributed by atoms with Gasteiger partial charge >= 0.3 is 5.97 Å². The molecule has 0 fully saturated rings. The Kier molecular flexibility index (Phi) is 5.19. The quantitative estimate of drug-likeness (QED) is 0.648. The molecule has 1 atom stereocenters. The molecular formula is C13H16ClNO2. The van der Waals surface area contributed by atoms with E-state index in [2.05, 4.69) is 11.9 Å². The van der Waals surface area contributed by atoms with Crippen LogP contribution in [0.3, 0.4) is 0 Å². The highest BCUT2D eigenvalue weighted by molar-refractivity contribution is 6.31. The second kappa shape index (κ2) is 6.42. The van der Waals surface area contributed by atoms with Crippen LogP contribution in [0.5, 0.6) is 0 Å². The fourth-order valence-corrected chi connectivity index (χ4v) is 1.63. The largest absolute Gasteiger partial charge is 0.468 e. The van der Waals surface area contributed by atoms with Crippen LogP contribution in [0.1, 0.15) is 17.2 Å². The maximum Gasteiger partial charge on any atom is 0.327 e. The molecule has 0 aromatic heterocycles. The molecule has 0 saturated heterocycles. The zero-order valence-corrected chi connectivity index (χ0v) is 10.8. The first-order chi connectivity index (χ1) is 8.10. The van der Waals surface area contributed by atoms with Gasteiger partial charge < -0.3 is 4.74 Å². The zero-order valence-electron chi connectivity index (χ0n) is 10.00. The van der Waals surface area contributed by atoms with Crippen molar-refractivity contribution < 1.29 is 9.53 Å². The summed E-state index contributed by atoms with van der Waals surface area (Å²) in [7, 11) is 1.36. The predicted octanol–water partition coefficient (Wildman–Crippen LogP) is 2.64. The van der Waals surface area contributed by atoms with E-state index in [-0.39, 0.29) is 5.97 Å². The number of hydrogen-bond acceptors (Lipinski definition) is 3. The van der Waals surface area contributed by atoms with E-state index in [0.29, 0.717) is 11.6 Å². The number of esters is 1. The SMILES string of the molecule is C=CCNC(C(=O)OC)c1ccc(C)c(Cl)c1. The minimum atomic E-state index is -0.518. The highest BCUT2D eigenvalue weighted by Gasteiger charge is 2.20. The maximum atomic E-state index is 11.7. The smallest absolute Gasteiger partial charge is 0.327 e. The van der Waals surface area contributed by atoms with Gasteiger partial charge in [-0.2, -0.15) is 0 Å². The first-order valence-corrected chi connectivity index (χ1v) is 5.66. The van der Waals surface area contributed by atoms with Gasteiger partial charge in [0.1, 0.15) is 6.04 Å². The van der Waals surface area contributed by atoms with Crippen molar-refractivity contribution in [3.05, 3.63) is 47.0 Å². The van der Waals surface area contributed by atoms with Gasteiger partial charge in [0.05, 0.1) is 7.11 Å². The Hall–Kier alpha value is -1.32. The fourth-order valence-electron chi connectivity index (χ4n) is 1.44. The molecule has 17 heavy (non-hydrogen) atoms. The van der Waals surface area contributed by atoms with Crippen molar-refractivity contribution in [2.75, 3.05) is 13.7 Å². The lowest BCUT2D eigenvalue weighted by molar-refractivity contribution is -0.143. The summed E-state index contributed by atoms with van der Waals surface area (Å²) in [5.41, 5.74) is 1.76. The van der Waals surface area contributed by atoms with Gasteiger partial charge in [0.2, 0.25) is 0 Å². The number of carbonyl (C=O) groups is 1. The van der Waals surface area contributed by atoms with Crippen LogP contribution in [0.15, 0.2) is 30.9 Å². The van der Waals surface area contributed by atoms with Crippen LogP contribution in [0.25, 0.3) is 0 Å². The fraction of sp³-hybridized carbons (Fsp3) is 0.308.